The highest BCUT2D eigenvalue weighted by Crippen LogP contribution is 2.18. The van der Waals surface area contributed by atoms with Crippen LogP contribution in [0.1, 0.15) is 25.0 Å². The molecule has 1 aliphatic rings. The molecule has 1 atom stereocenters. The van der Waals surface area contributed by atoms with Crippen molar-refractivity contribution in [2.75, 3.05) is 18.5 Å². The van der Waals surface area contributed by atoms with Crippen LogP contribution >= 0.6 is 0 Å². The second-order valence-electron chi connectivity index (χ2n) is 5.28. The number of imidazole rings is 1. The van der Waals surface area contributed by atoms with Crippen LogP contribution < -0.4 is 5.32 Å². The molecule has 106 valence electrons. The van der Waals surface area contributed by atoms with Crippen LogP contribution in [0.5, 0.6) is 0 Å². The third kappa shape index (κ3) is 3.02. The highest BCUT2D eigenvalue weighted by Gasteiger charge is 2.15. The molecule has 1 N–H and O–H groups in total. The van der Waals surface area contributed by atoms with Crippen molar-refractivity contribution in [2.45, 2.75) is 32.3 Å². The Morgan fingerprint density at radius 1 is 1.30 bits per heavy atom. The molecule has 0 spiro atoms. The molecule has 0 amide bonds. The van der Waals surface area contributed by atoms with Crippen molar-refractivity contribution in [1.29, 1.82) is 0 Å². The summed E-state index contributed by atoms with van der Waals surface area (Å²) >= 11 is 0. The van der Waals surface area contributed by atoms with Gasteiger partial charge >= 0.3 is 0 Å². The lowest BCUT2D eigenvalue weighted by atomic mass is 10.1. The summed E-state index contributed by atoms with van der Waals surface area (Å²) in [5.41, 5.74) is 2.14. The molecule has 1 fully saturated rings. The number of aryl methyl sites for hydroxylation is 1. The number of hydrogen-bond donors (Lipinski definition) is 1. The average Bonchev–Trinajstić information content (AvgIpc) is 2.88. The van der Waals surface area contributed by atoms with Gasteiger partial charge in [-0.25, -0.2) is 4.98 Å². The predicted octanol–water partition coefficient (Wildman–Crippen LogP) is 3.16. The van der Waals surface area contributed by atoms with Crippen LogP contribution in [0.15, 0.2) is 36.5 Å². The number of para-hydroxylation sites is 1. The van der Waals surface area contributed by atoms with Crippen molar-refractivity contribution < 1.29 is 4.74 Å². The van der Waals surface area contributed by atoms with Crippen LogP contribution in [-0.4, -0.2) is 28.8 Å². The van der Waals surface area contributed by atoms with Gasteiger partial charge in [0.25, 0.3) is 0 Å². The Morgan fingerprint density at radius 3 is 2.90 bits per heavy atom. The summed E-state index contributed by atoms with van der Waals surface area (Å²) in [7, 11) is 0. The number of ether oxygens (including phenoxy) is 1. The minimum Gasteiger partial charge on any atom is -0.376 e. The molecule has 1 aromatic heterocycles. The first kappa shape index (κ1) is 13.2. The topological polar surface area (TPSA) is 39.1 Å². The summed E-state index contributed by atoms with van der Waals surface area (Å²) in [6.45, 7) is 3.73. The van der Waals surface area contributed by atoms with E-state index in [4.69, 9.17) is 4.74 Å². The summed E-state index contributed by atoms with van der Waals surface area (Å²) in [5.74, 6) is 0.892. The zero-order valence-corrected chi connectivity index (χ0v) is 11.9. The van der Waals surface area contributed by atoms with Gasteiger partial charge in [0, 0.05) is 25.0 Å². The molecule has 20 heavy (non-hydrogen) atoms. The zero-order chi connectivity index (χ0) is 13.8. The summed E-state index contributed by atoms with van der Waals surface area (Å²) in [4.78, 5) is 4.57. The van der Waals surface area contributed by atoms with Crippen LogP contribution in [0, 0.1) is 6.92 Å². The lowest BCUT2D eigenvalue weighted by Crippen LogP contribution is -2.27. The van der Waals surface area contributed by atoms with E-state index >= 15 is 0 Å². The van der Waals surface area contributed by atoms with Gasteiger partial charge in [0.2, 0.25) is 5.95 Å². The maximum Gasteiger partial charge on any atom is 0.207 e. The van der Waals surface area contributed by atoms with Crippen molar-refractivity contribution in [3.05, 3.63) is 42.2 Å². The molecule has 1 saturated heterocycles. The Hall–Kier alpha value is -1.81. The number of nitrogens with zero attached hydrogens (tertiary/aromatic N) is 2. The highest BCUT2D eigenvalue weighted by molar-refractivity contribution is 5.43. The van der Waals surface area contributed by atoms with Gasteiger partial charge < -0.3 is 10.1 Å². The standard InChI is InChI=1S/C16H21N3O/c1-13-12-19(14-7-3-2-4-8-14)16(18-13)17-11-15-9-5-6-10-20-15/h2-4,7-8,12,15H,5-6,9-11H2,1H3,(H,17,18). The summed E-state index contributed by atoms with van der Waals surface area (Å²) in [5, 5.41) is 3.43. The van der Waals surface area contributed by atoms with Gasteiger partial charge in [-0.2, -0.15) is 0 Å². The molecule has 1 aromatic carbocycles. The van der Waals surface area contributed by atoms with Crippen molar-refractivity contribution in [3.63, 3.8) is 0 Å². The van der Waals surface area contributed by atoms with E-state index in [0.717, 1.165) is 36.9 Å². The van der Waals surface area contributed by atoms with E-state index in [1.54, 1.807) is 0 Å². The summed E-state index contributed by atoms with van der Waals surface area (Å²) in [6, 6.07) is 10.3. The largest absolute Gasteiger partial charge is 0.376 e. The number of nitrogens with one attached hydrogen (secondary N) is 1. The Bertz CT molecular complexity index is 544. The fourth-order valence-corrected chi connectivity index (χ4v) is 2.58. The van der Waals surface area contributed by atoms with E-state index in [2.05, 4.69) is 33.2 Å². The van der Waals surface area contributed by atoms with Crippen molar-refractivity contribution >= 4 is 5.95 Å². The number of hydrogen-bond acceptors (Lipinski definition) is 3. The first-order valence-electron chi connectivity index (χ1n) is 7.30. The number of rotatable bonds is 4. The number of anilines is 1. The van der Waals surface area contributed by atoms with Gasteiger partial charge in [-0.1, -0.05) is 18.2 Å². The third-order valence-electron chi connectivity index (χ3n) is 3.62. The van der Waals surface area contributed by atoms with Crippen LogP contribution in [-0.2, 0) is 4.74 Å². The van der Waals surface area contributed by atoms with E-state index in [9.17, 15) is 0 Å². The van der Waals surface area contributed by atoms with E-state index in [-0.39, 0.29) is 0 Å². The van der Waals surface area contributed by atoms with Crippen LogP contribution in [0.25, 0.3) is 5.69 Å². The van der Waals surface area contributed by atoms with E-state index in [1.165, 1.54) is 12.8 Å². The van der Waals surface area contributed by atoms with Gasteiger partial charge in [0.15, 0.2) is 0 Å². The SMILES string of the molecule is Cc1cn(-c2ccccc2)c(NCC2CCCCO2)n1. The fourth-order valence-electron chi connectivity index (χ4n) is 2.58. The first-order valence-corrected chi connectivity index (χ1v) is 7.30. The molecule has 2 aromatic rings. The lowest BCUT2D eigenvalue weighted by molar-refractivity contribution is 0.0246. The second kappa shape index (κ2) is 6.09. The minimum absolute atomic E-state index is 0.310. The van der Waals surface area contributed by atoms with Crippen LogP contribution in [0.4, 0.5) is 5.95 Å². The molecule has 0 saturated carbocycles. The van der Waals surface area contributed by atoms with Gasteiger partial charge in [-0.15, -0.1) is 0 Å². The Labute approximate surface area is 119 Å². The van der Waals surface area contributed by atoms with Crippen LogP contribution in [0.3, 0.4) is 0 Å². The van der Waals surface area contributed by atoms with Gasteiger partial charge in [0.1, 0.15) is 0 Å². The van der Waals surface area contributed by atoms with E-state index in [0.29, 0.717) is 6.10 Å². The molecule has 1 unspecified atom stereocenters. The summed E-state index contributed by atoms with van der Waals surface area (Å²) in [6.07, 6.45) is 5.95. The van der Waals surface area contributed by atoms with Crippen LogP contribution in [0.2, 0.25) is 0 Å². The first-order chi connectivity index (χ1) is 9.83. The smallest absolute Gasteiger partial charge is 0.207 e. The molecule has 0 aliphatic carbocycles. The molecule has 2 heterocycles. The van der Waals surface area contributed by atoms with Crippen molar-refractivity contribution in [3.8, 4) is 5.69 Å². The average molecular weight is 271 g/mol. The monoisotopic (exact) mass is 271 g/mol. The van der Waals surface area contributed by atoms with Gasteiger partial charge in [-0.3, -0.25) is 4.57 Å². The van der Waals surface area contributed by atoms with E-state index < -0.39 is 0 Å². The van der Waals surface area contributed by atoms with Gasteiger partial charge in [-0.05, 0) is 38.3 Å². The second-order valence-corrected chi connectivity index (χ2v) is 5.28. The highest BCUT2D eigenvalue weighted by atomic mass is 16.5. The molecule has 4 heteroatoms. The molecule has 0 radical (unpaired) electrons. The number of aromatic nitrogens is 2. The minimum atomic E-state index is 0.310. The maximum absolute atomic E-state index is 5.75. The fraction of sp³-hybridized carbons (Fsp3) is 0.438. The quantitative estimate of drug-likeness (QED) is 0.928. The Balaban J connectivity index is 1.73. The molecule has 3 rings (SSSR count). The Morgan fingerprint density at radius 2 is 2.15 bits per heavy atom. The lowest BCUT2D eigenvalue weighted by Gasteiger charge is -2.23. The third-order valence-corrected chi connectivity index (χ3v) is 3.62. The predicted molar refractivity (Wildman–Crippen MR) is 80.4 cm³/mol. The van der Waals surface area contributed by atoms with Crippen molar-refractivity contribution in [1.82, 2.24) is 9.55 Å². The molecule has 1 aliphatic heterocycles. The summed E-state index contributed by atoms with van der Waals surface area (Å²) < 4.78 is 7.85. The van der Waals surface area contributed by atoms with E-state index in [1.807, 2.05) is 25.1 Å². The molecular formula is C16H21N3O. The zero-order valence-electron chi connectivity index (χ0n) is 11.9. The molecule has 4 nitrogen and oxygen atoms in total. The molecular weight excluding hydrogens is 250 g/mol. The van der Waals surface area contributed by atoms with Crippen molar-refractivity contribution in [2.24, 2.45) is 0 Å². The normalized spacial score (nSPS) is 18.9. The maximum atomic E-state index is 5.75. The number of benzene rings is 1. The molecule has 0 bridgehead atoms. The van der Waals surface area contributed by atoms with Gasteiger partial charge in [0.05, 0.1) is 11.8 Å². The Kier molecular flexibility index (Phi) is 4.02.